The molecule has 1 N–H and O–H groups in total. The van der Waals surface area contributed by atoms with Gasteiger partial charge in [0.05, 0.1) is 22.7 Å². The third kappa shape index (κ3) is 5.18. The van der Waals surface area contributed by atoms with E-state index < -0.39 is 0 Å². The Morgan fingerprint density at radius 2 is 1.86 bits per heavy atom. The van der Waals surface area contributed by atoms with Gasteiger partial charge in [-0.05, 0) is 43.9 Å². The zero-order valence-corrected chi connectivity index (χ0v) is 16.4. The molecule has 0 atom stereocenters. The highest BCUT2D eigenvalue weighted by molar-refractivity contribution is 5.77. The van der Waals surface area contributed by atoms with Gasteiger partial charge in [0.1, 0.15) is 5.82 Å². The number of hydrogen-bond donors (Lipinski definition) is 1. The average Bonchev–Trinajstić information content (AvgIpc) is 3.12. The van der Waals surface area contributed by atoms with E-state index in [1.165, 1.54) is 0 Å². The summed E-state index contributed by atoms with van der Waals surface area (Å²) >= 11 is 0. The lowest BCUT2D eigenvalue weighted by Gasteiger charge is -2.24. The van der Waals surface area contributed by atoms with E-state index in [9.17, 15) is 4.79 Å². The first-order valence-electron chi connectivity index (χ1n) is 9.40. The Labute approximate surface area is 165 Å². The Morgan fingerprint density at radius 3 is 2.54 bits per heavy atom. The maximum absolute atomic E-state index is 12.9. The van der Waals surface area contributed by atoms with E-state index >= 15 is 0 Å². The number of imidazole rings is 1. The van der Waals surface area contributed by atoms with Crippen LogP contribution in [-0.2, 0) is 17.8 Å². The number of nitrogens with one attached hydrogen (secondary N) is 1. The fraction of sp³-hybridized carbons (Fsp3) is 0.318. The van der Waals surface area contributed by atoms with Gasteiger partial charge >= 0.3 is 0 Å². The van der Waals surface area contributed by atoms with Crippen molar-refractivity contribution in [3.05, 3.63) is 65.5 Å². The first kappa shape index (κ1) is 19.6. The second-order valence-corrected chi connectivity index (χ2v) is 7.13. The summed E-state index contributed by atoms with van der Waals surface area (Å²) in [6.07, 6.45) is 0.989. The largest absolute Gasteiger partial charge is 0.342 e. The van der Waals surface area contributed by atoms with Gasteiger partial charge in [-0.25, -0.2) is 4.98 Å². The van der Waals surface area contributed by atoms with Crippen LogP contribution in [0.1, 0.15) is 23.4 Å². The van der Waals surface area contributed by atoms with Crippen LogP contribution in [0.4, 0.5) is 0 Å². The Hall–Kier alpha value is -3.17. The van der Waals surface area contributed by atoms with Crippen LogP contribution in [0.15, 0.2) is 48.5 Å². The van der Waals surface area contributed by atoms with Gasteiger partial charge in [0, 0.05) is 32.5 Å². The molecule has 3 aromatic rings. The molecule has 0 saturated carbocycles. The number of carbonyl (C=O) groups is 1. The van der Waals surface area contributed by atoms with Crippen molar-refractivity contribution in [1.82, 2.24) is 19.8 Å². The van der Waals surface area contributed by atoms with Crippen LogP contribution >= 0.6 is 0 Å². The van der Waals surface area contributed by atoms with E-state index in [0.29, 0.717) is 31.5 Å². The minimum atomic E-state index is 0.103. The SMILES string of the molecule is CN(C)CCN(Cc1ccc(C#N)cc1)C(=O)CCc1nc2ccccc2[nH]1. The number of para-hydroxylation sites is 2. The van der Waals surface area contributed by atoms with E-state index in [2.05, 4.69) is 20.9 Å². The standard InChI is InChI=1S/C22H25N5O/c1-26(2)13-14-27(16-18-9-7-17(15-23)8-10-18)22(28)12-11-21-24-19-5-3-4-6-20(19)25-21/h3-10H,11-14,16H2,1-2H3,(H,24,25). The summed E-state index contributed by atoms with van der Waals surface area (Å²) in [6.45, 7) is 2.00. The first-order valence-corrected chi connectivity index (χ1v) is 9.40. The lowest BCUT2D eigenvalue weighted by molar-refractivity contribution is -0.132. The topological polar surface area (TPSA) is 76.0 Å². The normalized spacial score (nSPS) is 10.9. The van der Waals surface area contributed by atoms with Gasteiger partial charge in [0.15, 0.2) is 0 Å². The molecule has 0 fully saturated rings. The van der Waals surface area contributed by atoms with Crippen molar-refractivity contribution in [2.24, 2.45) is 0 Å². The maximum Gasteiger partial charge on any atom is 0.223 e. The zero-order chi connectivity index (χ0) is 19.9. The number of nitriles is 1. The minimum Gasteiger partial charge on any atom is -0.342 e. The van der Waals surface area contributed by atoms with Crippen LogP contribution in [0.3, 0.4) is 0 Å². The second kappa shape index (κ2) is 9.16. The quantitative estimate of drug-likeness (QED) is 0.657. The van der Waals surface area contributed by atoms with Crippen molar-refractivity contribution < 1.29 is 4.79 Å². The van der Waals surface area contributed by atoms with E-state index in [-0.39, 0.29) is 5.91 Å². The van der Waals surface area contributed by atoms with Gasteiger partial charge in [0.2, 0.25) is 5.91 Å². The molecule has 6 heteroatoms. The number of aryl methyl sites for hydroxylation is 1. The van der Waals surface area contributed by atoms with Gasteiger partial charge in [-0.3, -0.25) is 4.79 Å². The number of amides is 1. The van der Waals surface area contributed by atoms with Crippen LogP contribution in [-0.4, -0.2) is 52.9 Å². The van der Waals surface area contributed by atoms with Crippen LogP contribution < -0.4 is 0 Å². The molecule has 6 nitrogen and oxygen atoms in total. The number of hydrogen-bond acceptors (Lipinski definition) is 4. The number of carbonyl (C=O) groups excluding carboxylic acids is 1. The molecule has 0 bridgehead atoms. The molecule has 0 aliphatic carbocycles. The molecule has 0 unspecified atom stereocenters. The molecule has 1 amide bonds. The fourth-order valence-corrected chi connectivity index (χ4v) is 3.03. The molecular weight excluding hydrogens is 350 g/mol. The number of fused-ring (bicyclic) bond motifs is 1. The first-order chi connectivity index (χ1) is 13.5. The molecule has 1 aromatic heterocycles. The second-order valence-electron chi connectivity index (χ2n) is 7.13. The number of benzene rings is 2. The van der Waals surface area contributed by atoms with Crippen molar-refractivity contribution >= 4 is 16.9 Å². The smallest absolute Gasteiger partial charge is 0.223 e. The summed E-state index contributed by atoms with van der Waals surface area (Å²) in [5.74, 6) is 0.937. The molecule has 28 heavy (non-hydrogen) atoms. The summed E-state index contributed by atoms with van der Waals surface area (Å²) in [6, 6.07) is 17.4. The average molecular weight is 375 g/mol. The summed E-state index contributed by atoms with van der Waals surface area (Å²) in [7, 11) is 4.00. The lowest BCUT2D eigenvalue weighted by atomic mass is 10.1. The van der Waals surface area contributed by atoms with Crippen molar-refractivity contribution in [1.29, 1.82) is 5.26 Å². The number of likely N-dealkylation sites (N-methyl/N-ethyl adjacent to an activating group) is 1. The van der Waals surface area contributed by atoms with E-state index in [0.717, 1.165) is 29.0 Å². The van der Waals surface area contributed by atoms with Crippen molar-refractivity contribution in [3.63, 3.8) is 0 Å². The molecule has 0 aliphatic rings. The third-order valence-electron chi connectivity index (χ3n) is 4.64. The number of rotatable bonds is 8. The summed E-state index contributed by atoms with van der Waals surface area (Å²) in [5, 5.41) is 8.95. The Balaban J connectivity index is 1.65. The maximum atomic E-state index is 12.9. The number of aromatic amines is 1. The number of H-pyrrole nitrogens is 1. The fourth-order valence-electron chi connectivity index (χ4n) is 3.03. The highest BCUT2D eigenvalue weighted by Crippen LogP contribution is 2.13. The minimum absolute atomic E-state index is 0.103. The van der Waals surface area contributed by atoms with Gasteiger partial charge in [-0.1, -0.05) is 24.3 Å². The molecule has 0 spiro atoms. The van der Waals surface area contributed by atoms with Gasteiger partial charge in [-0.15, -0.1) is 0 Å². The van der Waals surface area contributed by atoms with Crippen LogP contribution in [0.2, 0.25) is 0 Å². The lowest BCUT2D eigenvalue weighted by Crippen LogP contribution is -2.36. The van der Waals surface area contributed by atoms with Crippen LogP contribution in [0, 0.1) is 11.3 Å². The monoisotopic (exact) mass is 375 g/mol. The number of nitrogens with zero attached hydrogens (tertiary/aromatic N) is 4. The predicted molar refractivity (Wildman–Crippen MR) is 110 cm³/mol. The number of aromatic nitrogens is 2. The Bertz CT molecular complexity index is 936. The molecule has 3 rings (SSSR count). The van der Waals surface area contributed by atoms with Crippen molar-refractivity contribution in [3.8, 4) is 6.07 Å². The molecule has 0 aliphatic heterocycles. The highest BCUT2D eigenvalue weighted by Gasteiger charge is 2.15. The molecule has 1 heterocycles. The third-order valence-corrected chi connectivity index (χ3v) is 4.64. The molecule has 2 aromatic carbocycles. The molecular formula is C22H25N5O. The molecule has 0 radical (unpaired) electrons. The predicted octanol–water partition coefficient (Wildman–Crippen LogP) is 2.96. The van der Waals surface area contributed by atoms with E-state index in [1.807, 2.05) is 55.4 Å². The van der Waals surface area contributed by atoms with Crippen LogP contribution in [0.5, 0.6) is 0 Å². The van der Waals surface area contributed by atoms with Gasteiger partial charge < -0.3 is 14.8 Å². The molecule has 0 saturated heterocycles. The molecule has 144 valence electrons. The van der Waals surface area contributed by atoms with E-state index in [1.54, 1.807) is 12.1 Å². The Kier molecular flexibility index (Phi) is 6.41. The highest BCUT2D eigenvalue weighted by atomic mass is 16.2. The Morgan fingerprint density at radius 1 is 1.11 bits per heavy atom. The summed E-state index contributed by atoms with van der Waals surface area (Å²) in [4.78, 5) is 24.7. The van der Waals surface area contributed by atoms with Crippen molar-refractivity contribution in [2.45, 2.75) is 19.4 Å². The summed E-state index contributed by atoms with van der Waals surface area (Å²) in [5.41, 5.74) is 3.56. The zero-order valence-electron chi connectivity index (χ0n) is 16.4. The van der Waals surface area contributed by atoms with Gasteiger partial charge in [0.25, 0.3) is 0 Å². The van der Waals surface area contributed by atoms with Gasteiger partial charge in [-0.2, -0.15) is 5.26 Å². The summed E-state index contributed by atoms with van der Waals surface area (Å²) < 4.78 is 0. The van der Waals surface area contributed by atoms with E-state index in [4.69, 9.17) is 5.26 Å². The van der Waals surface area contributed by atoms with Crippen LogP contribution in [0.25, 0.3) is 11.0 Å². The van der Waals surface area contributed by atoms with Crippen molar-refractivity contribution in [2.75, 3.05) is 27.2 Å².